The van der Waals surface area contributed by atoms with Gasteiger partial charge in [-0.1, -0.05) is 6.07 Å². The van der Waals surface area contributed by atoms with Gasteiger partial charge in [0, 0.05) is 24.7 Å². The Kier molecular flexibility index (Phi) is 3.43. The average Bonchev–Trinajstić information content (AvgIpc) is 2.58. The average molecular weight is 313 g/mol. The fourth-order valence-corrected chi connectivity index (χ4v) is 3.67. The number of hydrogen-bond donors (Lipinski definition) is 1. The fraction of sp³-hybridized carbons (Fsp3) is 0.571. The van der Waals surface area contributed by atoms with E-state index in [-0.39, 0.29) is 5.82 Å². The maximum absolute atomic E-state index is 13.5. The van der Waals surface area contributed by atoms with E-state index in [9.17, 15) is 4.39 Å². The standard InChI is InChI=1S/C14H18BrFN2/c15-13-4-1-9(5-14(13)16)8-18-11-2-3-12(18)7-10(17)6-11/h1,4-5,10-12H,2-3,6-8,17H2. The van der Waals surface area contributed by atoms with Crippen LogP contribution in [0.3, 0.4) is 0 Å². The van der Waals surface area contributed by atoms with Crippen LogP contribution in [0.2, 0.25) is 0 Å². The van der Waals surface area contributed by atoms with Crippen LogP contribution in [0, 0.1) is 5.82 Å². The largest absolute Gasteiger partial charge is 0.328 e. The highest BCUT2D eigenvalue weighted by Crippen LogP contribution is 2.36. The third-order valence-electron chi connectivity index (χ3n) is 4.27. The van der Waals surface area contributed by atoms with Crippen LogP contribution in [0.25, 0.3) is 0 Å². The number of benzene rings is 1. The minimum Gasteiger partial charge on any atom is -0.328 e. The van der Waals surface area contributed by atoms with Crippen molar-refractivity contribution in [3.05, 3.63) is 34.1 Å². The second-order valence-corrected chi connectivity index (χ2v) is 6.39. The lowest BCUT2D eigenvalue weighted by Gasteiger charge is -2.37. The zero-order valence-corrected chi connectivity index (χ0v) is 11.9. The van der Waals surface area contributed by atoms with E-state index in [1.165, 1.54) is 12.8 Å². The zero-order valence-electron chi connectivity index (χ0n) is 10.3. The molecular weight excluding hydrogens is 295 g/mol. The molecule has 3 rings (SSSR count). The van der Waals surface area contributed by atoms with E-state index >= 15 is 0 Å². The summed E-state index contributed by atoms with van der Waals surface area (Å²) in [5.74, 6) is -0.173. The zero-order chi connectivity index (χ0) is 12.7. The van der Waals surface area contributed by atoms with Crippen LogP contribution in [0.4, 0.5) is 4.39 Å². The molecule has 1 aromatic carbocycles. The topological polar surface area (TPSA) is 29.3 Å². The molecule has 0 aromatic heterocycles. The number of fused-ring (bicyclic) bond motifs is 2. The summed E-state index contributed by atoms with van der Waals surface area (Å²) in [5, 5.41) is 0. The minimum absolute atomic E-state index is 0.173. The molecule has 2 heterocycles. The Balaban J connectivity index is 1.75. The summed E-state index contributed by atoms with van der Waals surface area (Å²) in [7, 11) is 0. The van der Waals surface area contributed by atoms with Gasteiger partial charge >= 0.3 is 0 Å². The maximum Gasteiger partial charge on any atom is 0.137 e. The molecule has 2 unspecified atom stereocenters. The lowest BCUT2D eigenvalue weighted by molar-refractivity contribution is 0.120. The van der Waals surface area contributed by atoms with Crippen molar-refractivity contribution in [2.45, 2.75) is 50.4 Å². The Morgan fingerprint density at radius 1 is 1.28 bits per heavy atom. The highest BCUT2D eigenvalue weighted by Gasteiger charge is 2.39. The molecule has 0 saturated carbocycles. The van der Waals surface area contributed by atoms with Gasteiger partial charge < -0.3 is 5.73 Å². The summed E-state index contributed by atoms with van der Waals surface area (Å²) in [6.07, 6.45) is 4.68. The SMILES string of the molecule is NC1CC2CCC(C1)N2Cc1ccc(Br)c(F)c1. The van der Waals surface area contributed by atoms with Gasteiger partial charge in [-0.3, -0.25) is 4.90 Å². The third-order valence-corrected chi connectivity index (χ3v) is 4.91. The highest BCUT2D eigenvalue weighted by molar-refractivity contribution is 9.10. The van der Waals surface area contributed by atoms with E-state index in [4.69, 9.17) is 5.73 Å². The Morgan fingerprint density at radius 3 is 2.56 bits per heavy atom. The first-order valence-electron chi connectivity index (χ1n) is 6.59. The van der Waals surface area contributed by atoms with Crippen LogP contribution >= 0.6 is 15.9 Å². The van der Waals surface area contributed by atoms with Crippen molar-refractivity contribution >= 4 is 15.9 Å². The van der Waals surface area contributed by atoms with Crippen LogP contribution in [0.1, 0.15) is 31.2 Å². The predicted octanol–water partition coefficient (Wildman–Crippen LogP) is 3.04. The van der Waals surface area contributed by atoms with Gasteiger partial charge in [-0.05, 0) is 59.3 Å². The molecule has 0 amide bonds. The van der Waals surface area contributed by atoms with Crippen LogP contribution < -0.4 is 5.73 Å². The molecule has 2 saturated heterocycles. The molecule has 18 heavy (non-hydrogen) atoms. The van der Waals surface area contributed by atoms with Crippen LogP contribution in [0.15, 0.2) is 22.7 Å². The molecule has 2 nitrogen and oxygen atoms in total. The second-order valence-electron chi connectivity index (χ2n) is 5.54. The van der Waals surface area contributed by atoms with Crippen LogP contribution in [0.5, 0.6) is 0 Å². The lowest BCUT2D eigenvalue weighted by Crippen LogP contribution is -2.46. The van der Waals surface area contributed by atoms with E-state index in [1.54, 1.807) is 12.1 Å². The minimum atomic E-state index is -0.173. The van der Waals surface area contributed by atoms with Gasteiger partial charge in [0.05, 0.1) is 4.47 Å². The van der Waals surface area contributed by atoms with E-state index in [0.29, 0.717) is 22.6 Å². The van der Waals surface area contributed by atoms with Crippen molar-refractivity contribution in [3.63, 3.8) is 0 Å². The molecule has 2 atom stereocenters. The van der Waals surface area contributed by atoms with Gasteiger partial charge in [-0.2, -0.15) is 0 Å². The maximum atomic E-state index is 13.5. The molecule has 2 N–H and O–H groups in total. The van der Waals surface area contributed by atoms with Crippen molar-refractivity contribution in [3.8, 4) is 0 Å². The van der Waals surface area contributed by atoms with E-state index in [1.807, 2.05) is 6.07 Å². The number of piperidine rings is 1. The van der Waals surface area contributed by atoms with Gasteiger partial charge in [-0.25, -0.2) is 4.39 Å². The molecule has 1 aromatic rings. The molecule has 2 bridgehead atoms. The van der Waals surface area contributed by atoms with Gasteiger partial charge in [-0.15, -0.1) is 0 Å². The quantitative estimate of drug-likeness (QED) is 0.909. The number of nitrogens with zero attached hydrogens (tertiary/aromatic N) is 1. The van der Waals surface area contributed by atoms with E-state index in [0.717, 1.165) is 24.9 Å². The second kappa shape index (κ2) is 4.91. The first-order valence-corrected chi connectivity index (χ1v) is 7.38. The molecule has 2 fully saturated rings. The lowest BCUT2D eigenvalue weighted by atomic mass is 9.97. The molecule has 2 aliphatic heterocycles. The molecule has 0 radical (unpaired) electrons. The summed E-state index contributed by atoms with van der Waals surface area (Å²) < 4.78 is 14.1. The summed E-state index contributed by atoms with van der Waals surface area (Å²) in [6.45, 7) is 0.853. The molecule has 4 heteroatoms. The number of halogens is 2. The van der Waals surface area contributed by atoms with Crippen molar-refractivity contribution in [1.29, 1.82) is 0 Å². The predicted molar refractivity (Wildman–Crippen MR) is 73.7 cm³/mol. The van der Waals surface area contributed by atoms with Gasteiger partial charge in [0.15, 0.2) is 0 Å². The van der Waals surface area contributed by atoms with Crippen LogP contribution in [-0.2, 0) is 6.54 Å². The summed E-state index contributed by atoms with van der Waals surface area (Å²) >= 11 is 3.19. The summed E-state index contributed by atoms with van der Waals surface area (Å²) in [6, 6.07) is 7.00. The fourth-order valence-electron chi connectivity index (χ4n) is 3.42. The van der Waals surface area contributed by atoms with Gasteiger partial charge in [0.1, 0.15) is 5.82 Å². The Morgan fingerprint density at radius 2 is 1.94 bits per heavy atom. The molecule has 2 aliphatic rings. The van der Waals surface area contributed by atoms with Crippen molar-refractivity contribution in [1.82, 2.24) is 4.90 Å². The Hall–Kier alpha value is -0.450. The molecular formula is C14H18BrFN2. The smallest absolute Gasteiger partial charge is 0.137 e. The van der Waals surface area contributed by atoms with E-state index in [2.05, 4.69) is 20.8 Å². The normalized spacial score (nSPS) is 31.8. The molecule has 98 valence electrons. The monoisotopic (exact) mass is 312 g/mol. The van der Waals surface area contributed by atoms with Crippen LogP contribution in [-0.4, -0.2) is 23.0 Å². The van der Waals surface area contributed by atoms with Crippen molar-refractivity contribution in [2.24, 2.45) is 5.73 Å². The Labute approximate surface area is 115 Å². The van der Waals surface area contributed by atoms with E-state index < -0.39 is 0 Å². The first-order chi connectivity index (χ1) is 8.63. The van der Waals surface area contributed by atoms with Crippen molar-refractivity contribution in [2.75, 3.05) is 0 Å². The first kappa shape index (κ1) is 12.6. The molecule has 0 spiro atoms. The number of hydrogen-bond acceptors (Lipinski definition) is 2. The summed E-state index contributed by atoms with van der Waals surface area (Å²) in [4.78, 5) is 2.52. The Bertz CT molecular complexity index is 437. The molecule has 0 aliphatic carbocycles. The van der Waals surface area contributed by atoms with Gasteiger partial charge in [0.25, 0.3) is 0 Å². The third kappa shape index (κ3) is 2.33. The van der Waals surface area contributed by atoms with Gasteiger partial charge in [0.2, 0.25) is 0 Å². The number of rotatable bonds is 2. The highest BCUT2D eigenvalue weighted by atomic mass is 79.9. The summed E-state index contributed by atoms with van der Waals surface area (Å²) in [5.41, 5.74) is 7.12. The van der Waals surface area contributed by atoms with Crippen molar-refractivity contribution < 1.29 is 4.39 Å². The number of nitrogens with two attached hydrogens (primary N) is 1.